The van der Waals surface area contributed by atoms with Crippen molar-refractivity contribution in [2.24, 2.45) is 10.4 Å². The zero-order valence-corrected chi connectivity index (χ0v) is 10.3. The Morgan fingerprint density at radius 1 is 1.60 bits per heavy atom. The van der Waals surface area contributed by atoms with Gasteiger partial charge in [-0.25, -0.2) is 0 Å². The first-order chi connectivity index (χ1) is 7.03. The third kappa shape index (κ3) is 4.47. The van der Waals surface area contributed by atoms with Gasteiger partial charge in [-0.05, 0) is 19.4 Å². The van der Waals surface area contributed by atoms with Crippen LogP contribution in [0.1, 0.15) is 27.2 Å². The first kappa shape index (κ1) is 12.2. The minimum absolute atomic E-state index is 0.272. The number of rotatable bonds is 3. The number of aldehydes is 1. The predicted octanol–water partition coefficient (Wildman–Crippen LogP) is 3.21. The minimum Gasteiger partial charge on any atom is -0.303 e. The van der Waals surface area contributed by atoms with Crippen LogP contribution in [0.15, 0.2) is 28.9 Å². The van der Waals surface area contributed by atoms with Crippen LogP contribution in [-0.2, 0) is 4.79 Å². The van der Waals surface area contributed by atoms with E-state index in [0.717, 1.165) is 23.5 Å². The summed E-state index contributed by atoms with van der Waals surface area (Å²) in [5, 5.41) is 0.988. The number of thioether (sulfide) groups is 1. The summed E-state index contributed by atoms with van der Waals surface area (Å²) in [6, 6.07) is 0. The maximum absolute atomic E-state index is 10.7. The molecule has 1 aliphatic heterocycles. The highest BCUT2D eigenvalue weighted by Gasteiger charge is 2.17. The van der Waals surface area contributed by atoms with Crippen molar-refractivity contribution >= 4 is 23.1 Å². The molecule has 0 saturated carbocycles. The van der Waals surface area contributed by atoms with E-state index < -0.39 is 0 Å². The van der Waals surface area contributed by atoms with Gasteiger partial charge in [0.2, 0.25) is 0 Å². The van der Waals surface area contributed by atoms with Gasteiger partial charge in [-0.15, -0.1) is 11.8 Å². The van der Waals surface area contributed by atoms with E-state index in [1.54, 1.807) is 11.8 Å². The monoisotopic (exact) mass is 223 g/mol. The Balaban J connectivity index is 2.56. The lowest BCUT2D eigenvalue weighted by molar-refractivity contribution is -0.113. The van der Waals surface area contributed by atoms with Crippen molar-refractivity contribution in [3.63, 3.8) is 0 Å². The van der Waals surface area contributed by atoms with E-state index in [1.165, 1.54) is 5.57 Å². The molecule has 0 N–H and O–H groups in total. The number of allylic oxidation sites excluding steroid dienone is 2. The fraction of sp³-hybridized carbons (Fsp3) is 0.500. The minimum atomic E-state index is -0.272. The topological polar surface area (TPSA) is 29.4 Å². The van der Waals surface area contributed by atoms with E-state index in [0.29, 0.717) is 0 Å². The van der Waals surface area contributed by atoms with Crippen LogP contribution in [0.25, 0.3) is 0 Å². The molecule has 0 saturated heterocycles. The second-order valence-corrected chi connectivity index (χ2v) is 5.44. The molecule has 0 aromatic carbocycles. The van der Waals surface area contributed by atoms with E-state index in [1.807, 2.05) is 26.1 Å². The summed E-state index contributed by atoms with van der Waals surface area (Å²) in [5.41, 5.74) is 0.989. The molecule has 0 aliphatic carbocycles. The number of hydrogen-bond acceptors (Lipinski definition) is 3. The van der Waals surface area contributed by atoms with Gasteiger partial charge in [-0.1, -0.05) is 25.5 Å². The molecule has 1 aliphatic rings. The number of aliphatic imine (C=N–C) groups is 1. The van der Waals surface area contributed by atoms with Gasteiger partial charge in [-0.3, -0.25) is 4.99 Å². The average molecular weight is 223 g/mol. The van der Waals surface area contributed by atoms with E-state index in [9.17, 15) is 4.79 Å². The van der Waals surface area contributed by atoms with E-state index >= 15 is 0 Å². The third-order valence-corrected chi connectivity index (χ3v) is 3.45. The summed E-state index contributed by atoms with van der Waals surface area (Å²) in [6.07, 6.45) is 8.00. The highest BCUT2D eigenvalue weighted by atomic mass is 32.2. The quantitative estimate of drug-likeness (QED) is 0.688. The van der Waals surface area contributed by atoms with Crippen LogP contribution in [0.5, 0.6) is 0 Å². The third-order valence-electron chi connectivity index (χ3n) is 2.02. The molecule has 0 unspecified atom stereocenters. The number of hydrogen-bond donors (Lipinski definition) is 0. The van der Waals surface area contributed by atoms with E-state index in [4.69, 9.17) is 0 Å². The van der Waals surface area contributed by atoms with Crippen LogP contribution in [0.4, 0.5) is 0 Å². The molecule has 0 atom stereocenters. The maximum atomic E-state index is 10.7. The molecule has 1 rings (SSSR count). The van der Waals surface area contributed by atoms with Crippen molar-refractivity contribution in [2.75, 3.05) is 5.75 Å². The summed E-state index contributed by atoms with van der Waals surface area (Å²) in [4.78, 5) is 15.1. The number of nitrogens with zero attached hydrogens (tertiary/aromatic N) is 1. The van der Waals surface area contributed by atoms with E-state index in [-0.39, 0.29) is 5.41 Å². The normalized spacial score (nSPS) is 16.7. The Labute approximate surface area is 95.5 Å². The van der Waals surface area contributed by atoms with Crippen LogP contribution in [0.2, 0.25) is 0 Å². The van der Waals surface area contributed by atoms with Gasteiger partial charge in [0.25, 0.3) is 0 Å². The molecule has 0 bridgehead atoms. The van der Waals surface area contributed by atoms with Crippen molar-refractivity contribution in [2.45, 2.75) is 27.2 Å². The van der Waals surface area contributed by atoms with Crippen molar-refractivity contribution in [1.29, 1.82) is 0 Å². The lowest BCUT2D eigenvalue weighted by Gasteiger charge is -2.15. The summed E-state index contributed by atoms with van der Waals surface area (Å²) < 4.78 is 0. The van der Waals surface area contributed by atoms with Crippen LogP contribution in [0.3, 0.4) is 0 Å². The van der Waals surface area contributed by atoms with Crippen LogP contribution >= 0.6 is 11.8 Å². The maximum Gasteiger partial charge on any atom is 0.126 e. The predicted molar refractivity (Wildman–Crippen MR) is 67.3 cm³/mol. The van der Waals surface area contributed by atoms with Crippen molar-refractivity contribution in [3.05, 3.63) is 23.9 Å². The average Bonchev–Trinajstić information content (AvgIpc) is 2.40. The molecule has 0 amide bonds. The molecular formula is C12H17NOS. The summed E-state index contributed by atoms with van der Waals surface area (Å²) >= 11 is 1.63. The Bertz CT molecular complexity index is 327. The molecule has 0 aromatic rings. The first-order valence-corrected chi connectivity index (χ1v) is 6.01. The lowest BCUT2D eigenvalue weighted by atomic mass is 10.00. The molecule has 0 radical (unpaired) electrons. The zero-order valence-electron chi connectivity index (χ0n) is 9.49. The summed E-state index contributed by atoms with van der Waals surface area (Å²) in [7, 11) is 0. The summed E-state index contributed by atoms with van der Waals surface area (Å²) in [6.45, 7) is 5.95. The highest BCUT2D eigenvalue weighted by Crippen LogP contribution is 2.22. The fourth-order valence-electron chi connectivity index (χ4n) is 0.995. The number of carbonyl (C=O) groups is 1. The molecule has 1 heterocycles. The second kappa shape index (κ2) is 5.31. The number of carbonyl (C=O) groups excluding carboxylic acids is 1. The fourth-order valence-corrected chi connectivity index (χ4v) is 1.90. The van der Waals surface area contributed by atoms with Gasteiger partial charge < -0.3 is 4.79 Å². The van der Waals surface area contributed by atoms with Gasteiger partial charge in [0, 0.05) is 17.4 Å². The molecule has 0 fully saturated rings. The zero-order chi connectivity index (χ0) is 11.3. The van der Waals surface area contributed by atoms with Crippen molar-refractivity contribution < 1.29 is 4.79 Å². The second-order valence-electron chi connectivity index (χ2n) is 4.44. The van der Waals surface area contributed by atoms with Gasteiger partial charge >= 0.3 is 0 Å². The Morgan fingerprint density at radius 3 is 3.00 bits per heavy atom. The highest BCUT2D eigenvalue weighted by molar-refractivity contribution is 8.14. The molecule has 0 aromatic heterocycles. The van der Waals surface area contributed by atoms with Crippen LogP contribution in [-0.4, -0.2) is 17.1 Å². The molecule has 15 heavy (non-hydrogen) atoms. The van der Waals surface area contributed by atoms with E-state index in [2.05, 4.69) is 18.0 Å². The van der Waals surface area contributed by atoms with Crippen LogP contribution < -0.4 is 0 Å². The first-order valence-electron chi connectivity index (χ1n) is 5.03. The lowest BCUT2D eigenvalue weighted by Crippen LogP contribution is -2.17. The van der Waals surface area contributed by atoms with Crippen molar-refractivity contribution in [1.82, 2.24) is 0 Å². The largest absolute Gasteiger partial charge is 0.303 e. The molecule has 0 spiro atoms. The van der Waals surface area contributed by atoms with Gasteiger partial charge in [0.15, 0.2) is 0 Å². The standard InChI is InChI=1S/C12H17NOS/c1-10-5-4-6-11(13-7-10)15-9-12(2,3)8-14/h4,6-8H,5,9H2,1-3H3. The summed E-state index contributed by atoms with van der Waals surface area (Å²) in [5.74, 6) is 0.770. The molecule has 2 nitrogen and oxygen atoms in total. The molecule has 82 valence electrons. The smallest absolute Gasteiger partial charge is 0.126 e. The van der Waals surface area contributed by atoms with Gasteiger partial charge in [0.1, 0.15) is 6.29 Å². The van der Waals surface area contributed by atoms with Gasteiger partial charge in [0.05, 0.1) is 5.04 Å². The molecule has 3 heteroatoms. The van der Waals surface area contributed by atoms with Crippen molar-refractivity contribution in [3.8, 4) is 0 Å². The Morgan fingerprint density at radius 2 is 2.33 bits per heavy atom. The Kier molecular flexibility index (Phi) is 4.33. The SMILES string of the molecule is CC1=CN=C(SCC(C)(C)C=O)C=CC1. The van der Waals surface area contributed by atoms with Gasteiger partial charge in [-0.2, -0.15) is 0 Å². The molecular weight excluding hydrogens is 206 g/mol. The van der Waals surface area contributed by atoms with Crippen LogP contribution in [0, 0.1) is 5.41 Å². The Hall–Kier alpha value is -0.830.